The number of nitrogens with one attached hydrogen (secondary N) is 1. The highest BCUT2D eigenvalue weighted by Gasteiger charge is 2.31. The van der Waals surface area contributed by atoms with Crippen LogP contribution in [0.1, 0.15) is 13.3 Å². The van der Waals surface area contributed by atoms with Gasteiger partial charge in [-0.1, -0.05) is 12.1 Å². The number of benzene rings is 1. The molecule has 4 nitrogen and oxygen atoms in total. The van der Waals surface area contributed by atoms with E-state index in [0.29, 0.717) is 13.1 Å². The van der Waals surface area contributed by atoms with E-state index in [2.05, 4.69) is 21.2 Å². The summed E-state index contributed by atoms with van der Waals surface area (Å²) < 4.78 is 0.867. The summed E-state index contributed by atoms with van der Waals surface area (Å²) in [5.74, 6) is -0.0559. The molecule has 1 saturated heterocycles. The van der Waals surface area contributed by atoms with Crippen molar-refractivity contribution < 1.29 is 9.90 Å². The van der Waals surface area contributed by atoms with Gasteiger partial charge < -0.3 is 10.4 Å². The lowest BCUT2D eigenvalue weighted by molar-refractivity contribution is -0.117. The summed E-state index contributed by atoms with van der Waals surface area (Å²) in [4.78, 5) is 13.8. The second-order valence-corrected chi connectivity index (χ2v) is 5.84. The summed E-state index contributed by atoms with van der Waals surface area (Å²) in [6.07, 6.45) is 0.718. The van der Waals surface area contributed by atoms with E-state index in [0.717, 1.165) is 23.1 Å². The molecule has 2 N–H and O–H groups in total. The van der Waals surface area contributed by atoms with Crippen LogP contribution < -0.4 is 5.32 Å². The number of aliphatic hydroxyl groups is 1. The molecule has 18 heavy (non-hydrogen) atoms. The van der Waals surface area contributed by atoms with Gasteiger partial charge in [0.2, 0.25) is 5.91 Å². The Morgan fingerprint density at radius 1 is 1.56 bits per heavy atom. The molecule has 2 rings (SSSR count). The van der Waals surface area contributed by atoms with E-state index in [1.807, 2.05) is 29.2 Å². The number of para-hydroxylation sites is 1. The molecule has 1 aromatic carbocycles. The molecule has 1 fully saturated rings. The monoisotopic (exact) mass is 312 g/mol. The Morgan fingerprint density at radius 2 is 2.28 bits per heavy atom. The van der Waals surface area contributed by atoms with Gasteiger partial charge in [-0.25, -0.2) is 0 Å². The van der Waals surface area contributed by atoms with Crippen LogP contribution in [0.4, 0.5) is 5.69 Å². The summed E-state index contributed by atoms with van der Waals surface area (Å²) in [6, 6.07) is 7.51. The Morgan fingerprint density at radius 3 is 2.89 bits per heavy atom. The van der Waals surface area contributed by atoms with Gasteiger partial charge in [-0.15, -0.1) is 0 Å². The van der Waals surface area contributed by atoms with Crippen molar-refractivity contribution in [3.05, 3.63) is 28.7 Å². The third kappa shape index (κ3) is 3.54. The van der Waals surface area contributed by atoms with E-state index in [1.165, 1.54) is 0 Å². The molecule has 0 spiro atoms. The number of carbonyl (C=O) groups excluding carboxylic acids is 1. The number of rotatable bonds is 3. The zero-order chi connectivity index (χ0) is 13.2. The van der Waals surface area contributed by atoms with Crippen LogP contribution in [0.15, 0.2) is 28.7 Å². The van der Waals surface area contributed by atoms with E-state index >= 15 is 0 Å². The van der Waals surface area contributed by atoms with Crippen LogP contribution in [0.3, 0.4) is 0 Å². The first-order chi connectivity index (χ1) is 8.46. The van der Waals surface area contributed by atoms with Crippen molar-refractivity contribution in [3.8, 4) is 0 Å². The van der Waals surface area contributed by atoms with Crippen molar-refractivity contribution >= 4 is 27.5 Å². The number of β-amino-alcohol motifs (C(OH)–C–C–N with tert-alkyl or cyclic N) is 1. The number of carbonyl (C=O) groups is 1. The smallest absolute Gasteiger partial charge is 0.238 e. The van der Waals surface area contributed by atoms with Crippen LogP contribution >= 0.6 is 15.9 Å². The van der Waals surface area contributed by atoms with E-state index in [-0.39, 0.29) is 5.91 Å². The predicted molar refractivity (Wildman–Crippen MR) is 74.5 cm³/mol. The Labute approximate surface area is 115 Å². The predicted octanol–water partition coefficient (Wildman–Crippen LogP) is 1.84. The van der Waals surface area contributed by atoms with Gasteiger partial charge in [0.1, 0.15) is 0 Å². The number of hydrogen-bond acceptors (Lipinski definition) is 3. The molecule has 0 saturated carbocycles. The fraction of sp³-hybridized carbons (Fsp3) is 0.462. The topological polar surface area (TPSA) is 52.6 Å². The average Bonchev–Trinajstić information content (AvgIpc) is 2.61. The zero-order valence-electron chi connectivity index (χ0n) is 10.3. The molecule has 1 aliphatic heterocycles. The van der Waals surface area contributed by atoms with Gasteiger partial charge in [-0.3, -0.25) is 9.69 Å². The number of anilines is 1. The van der Waals surface area contributed by atoms with Gasteiger partial charge in [-0.2, -0.15) is 0 Å². The first-order valence-corrected chi connectivity index (χ1v) is 6.75. The van der Waals surface area contributed by atoms with E-state index in [4.69, 9.17) is 0 Å². The Balaban J connectivity index is 1.88. The standard InChI is InChI=1S/C13H17BrN2O2/c1-13(18)6-7-16(9-13)8-12(17)15-11-5-3-2-4-10(11)14/h2-5,18H,6-9H2,1H3,(H,15,17). The van der Waals surface area contributed by atoms with E-state index < -0.39 is 5.60 Å². The molecule has 0 aromatic heterocycles. The number of halogens is 1. The molecule has 1 unspecified atom stereocenters. The van der Waals surface area contributed by atoms with Crippen LogP contribution in [0.5, 0.6) is 0 Å². The van der Waals surface area contributed by atoms with Crippen molar-refractivity contribution in [2.45, 2.75) is 18.9 Å². The molecule has 0 aliphatic carbocycles. The molecule has 1 atom stereocenters. The second kappa shape index (κ2) is 5.38. The molecule has 1 aromatic rings. The molecule has 0 radical (unpaired) electrons. The molecule has 1 aliphatic rings. The van der Waals surface area contributed by atoms with Gasteiger partial charge >= 0.3 is 0 Å². The van der Waals surface area contributed by atoms with E-state index in [9.17, 15) is 9.90 Å². The summed E-state index contributed by atoms with van der Waals surface area (Å²) in [6.45, 7) is 3.43. The van der Waals surface area contributed by atoms with Crippen LogP contribution in [0.25, 0.3) is 0 Å². The van der Waals surface area contributed by atoms with Gasteiger partial charge in [0.05, 0.1) is 17.8 Å². The highest BCUT2D eigenvalue weighted by molar-refractivity contribution is 9.10. The van der Waals surface area contributed by atoms with Crippen LogP contribution in [-0.4, -0.2) is 41.1 Å². The maximum absolute atomic E-state index is 11.9. The van der Waals surface area contributed by atoms with Crippen LogP contribution in [-0.2, 0) is 4.79 Å². The first kappa shape index (κ1) is 13.5. The van der Waals surface area contributed by atoms with Crippen LogP contribution in [0.2, 0.25) is 0 Å². The van der Waals surface area contributed by atoms with Crippen molar-refractivity contribution in [2.75, 3.05) is 25.0 Å². The number of amides is 1. The number of nitrogens with zero attached hydrogens (tertiary/aromatic N) is 1. The molecule has 0 bridgehead atoms. The van der Waals surface area contributed by atoms with Crippen molar-refractivity contribution in [3.63, 3.8) is 0 Å². The minimum absolute atomic E-state index is 0.0559. The quantitative estimate of drug-likeness (QED) is 0.895. The van der Waals surface area contributed by atoms with Crippen molar-refractivity contribution in [1.29, 1.82) is 0 Å². The molecular formula is C13H17BrN2O2. The third-order valence-electron chi connectivity index (χ3n) is 3.05. The number of hydrogen-bond donors (Lipinski definition) is 2. The minimum atomic E-state index is -0.659. The van der Waals surface area contributed by atoms with Gasteiger partial charge in [-0.05, 0) is 41.4 Å². The Bertz CT molecular complexity index is 448. The number of likely N-dealkylation sites (tertiary alicyclic amines) is 1. The average molecular weight is 313 g/mol. The summed E-state index contributed by atoms with van der Waals surface area (Å²) in [5, 5.41) is 12.7. The summed E-state index contributed by atoms with van der Waals surface area (Å²) >= 11 is 3.39. The van der Waals surface area contributed by atoms with Gasteiger partial charge in [0.15, 0.2) is 0 Å². The molecule has 1 heterocycles. The largest absolute Gasteiger partial charge is 0.389 e. The fourth-order valence-electron chi connectivity index (χ4n) is 2.13. The van der Waals surface area contributed by atoms with Crippen molar-refractivity contribution in [2.24, 2.45) is 0 Å². The first-order valence-electron chi connectivity index (χ1n) is 5.95. The lowest BCUT2D eigenvalue weighted by Crippen LogP contribution is -2.35. The zero-order valence-corrected chi connectivity index (χ0v) is 11.9. The van der Waals surface area contributed by atoms with E-state index in [1.54, 1.807) is 6.92 Å². The molecule has 5 heteroatoms. The summed E-state index contributed by atoms with van der Waals surface area (Å²) in [7, 11) is 0. The maximum Gasteiger partial charge on any atom is 0.238 e. The second-order valence-electron chi connectivity index (χ2n) is 4.99. The SMILES string of the molecule is CC1(O)CCN(CC(=O)Nc2ccccc2Br)C1. The highest BCUT2D eigenvalue weighted by atomic mass is 79.9. The Hall–Kier alpha value is -0.910. The highest BCUT2D eigenvalue weighted by Crippen LogP contribution is 2.22. The van der Waals surface area contributed by atoms with Gasteiger partial charge in [0.25, 0.3) is 0 Å². The third-order valence-corrected chi connectivity index (χ3v) is 3.74. The molecule has 98 valence electrons. The van der Waals surface area contributed by atoms with Crippen LogP contribution in [0, 0.1) is 0 Å². The normalized spacial score (nSPS) is 24.2. The summed E-state index contributed by atoms with van der Waals surface area (Å²) in [5.41, 5.74) is 0.113. The lowest BCUT2D eigenvalue weighted by atomic mass is 10.1. The van der Waals surface area contributed by atoms with Gasteiger partial charge in [0, 0.05) is 17.6 Å². The molecular weight excluding hydrogens is 296 g/mol. The molecule has 1 amide bonds. The Kier molecular flexibility index (Phi) is 4.04. The lowest BCUT2D eigenvalue weighted by Gasteiger charge is -2.18. The minimum Gasteiger partial charge on any atom is -0.389 e. The van der Waals surface area contributed by atoms with Crippen molar-refractivity contribution in [1.82, 2.24) is 4.90 Å². The fourth-order valence-corrected chi connectivity index (χ4v) is 2.51. The maximum atomic E-state index is 11.9.